The molecule has 0 saturated carbocycles. The van der Waals surface area contributed by atoms with Crippen molar-refractivity contribution >= 4 is 10.0 Å². The minimum absolute atomic E-state index is 0.144. The van der Waals surface area contributed by atoms with Crippen molar-refractivity contribution in [1.82, 2.24) is 4.31 Å². The first-order chi connectivity index (χ1) is 9.74. The van der Waals surface area contributed by atoms with Gasteiger partial charge in [0.15, 0.2) is 0 Å². The molecule has 0 aliphatic carbocycles. The maximum Gasteiger partial charge on any atom is 0.218 e. The SMILES string of the molecule is CC(C)(O)C1CCCN1S(=O)(=O)Cc1cccc(C#N)c1. The highest BCUT2D eigenvalue weighted by molar-refractivity contribution is 7.88. The Morgan fingerprint density at radius 2 is 2.19 bits per heavy atom. The molecule has 1 aromatic rings. The lowest BCUT2D eigenvalue weighted by atomic mass is 9.98. The summed E-state index contributed by atoms with van der Waals surface area (Å²) in [5.74, 6) is -0.144. The summed E-state index contributed by atoms with van der Waals surface area (Å²) in [5, 5.41) is 19.0. The highest BCUT2D eigenvalue weighted by atomic mass is 32.2. The van der Waals surface area contributed by atoms with Gasteiger partial charge < -0.3 is 5.11 Å². The van der Waals surface area contributed by atoms with Gasteiger partial charge in [-0.25, -0.2) is 8.42 Å². The highest BCUT2D eigenvalue weighted by Gasteiger charge is 2.41. The highest BCUT2D eigenvalue weighted by Crippen LogP contribution is 2.30. The number of nitrogens with zero attached hydrogens (tertiary/aromatic N) is 2. The number of aliphatic hydroxyl groups is 1. The predicted molar refractivity (Wildman–Crippen MR) is 79.8 cm³/mol. The van der Waals surface area contributed by atoms with Crippen molar-refractivity contribution in [2.45, 2.75) is 44.1 Å². The Kier molecular flexibility index (Phi) is 4.38. The third-order valence-corrected chi connectivity index (χ3v) is 5.63. The Morgan fingerprint density at radius 3 is 2.81 bits per heavy atom. The number of hydrogen-bond donors (Lipinski definition) is 1. The van der Waals surface area contributed by atoms with E-state index in [1.54, 1.807) is 38.1 Å². The van der Waals surface area contributed by atoms with Crippen LogP contribution >= 0.6 is 0 Å². The summed E-state index contributed by atoms with van der Waals surface area (Å²) in [6, 6.07) is 8.24. The van der Waals surface area contributed by atoms with Crippen LogP contribution in [0.15, 0.2) is 24.3 Å². The Balaban J connectivity index is 2.24. The maximum atomic E-state index is 12.6. The summed E-state index contributed by atoms with van der Waals surface area (Å²) in [5.41, 5.74) is -0.0171. The first-order valence-electron chi connectivity index (χ1n) is 6.95. The van der Waals surface area contributed by atoms with Crippen LogP contribution in [0.5, 0.6) is 0 Å². The average Bonchev–Trinajstić information content (AvgIpc) is 2.88. The van der Waals surface area contributed by atoms with Gasteiger partial charge in [0.1, 0.15) is 0 Å². The van der Waals surface area contributed by atoms with E-state index < -0.39 is 15.6 Å². The van der Waals surface area contributed by atoms with Crippen molar-refractivity contribution in [2.24, 2.45) is 0 Å². The molecule has 2 rings (SSSR count). The lowest BCUT2D eigenvalue weighted by molar-refractivity contribution is 0.0214. The molecule has 1 aliphatic heterocycles. The third-order valence-electron chi connectivity index (χ3n) is 3.78. The number of benzene rings is 1. The molecule has 5 nitrogen and oxygen atoms in total. The molecular formula is C15H20N2O3S. The van der Waals surface area contributed by atoms with Crippen molar-refractivity contribution in [3.05, 3.63) is 35.4 Å². The lowest BCUT2D eigenvalue weighted by Crippen LogP contribution is -2.48. The lowest BCUT2D eigenvalue weighted by Gasteiger charge is -2.33. The van der Waals surface area contributed by atoms with Crippen LogP contribution in [0.2, 0.25) is 0 Å². The Morgan fingerprint density at radius 1 is 1.48 bits per heavy atom. The topological polar surface area (TPSA) is 81.4 Å². The summed E-state index contributed by atoms with van der Waals surface area (Å²) in [6.45, 7) is 3.72. The molecule has 1 heterocycles. The van der Waals surface area contributed by atoms with Crippen LogP contribution in [0.1, 0.15) is 37.8 Å². The summed E-state index contributed by atoms with van der Waals surface area (Å²) in [4.78, 5) is 0. The van der Waals surface area contributed by atoms with Gasteiger partial charge in [-0.1, -0.05) is 12.1 Å². The number of nitriles is 1. The second kappa shape index (κ2) is 5.76. The summed E-state index contributed by atoms with van der Waals surface area (Å²) in [6.07, 6.45) is 1.42. The van der Waals surface area contributed by atoms with E-state index in [-0.39, 0.29) is 11.8 Å². The van der Waals surface area contributed by atoms with Crippen molar-refractivity contribution in [2.75, 3.05) is 6.54 Å². The van der Waals surface area contributed by atoms with Crippen molar-refractivity contribution < 1.29 is 13.5 Å². The molecule has 1 aliphatic rings. The number of rotatable bonds is 4. The molecule has 1 atom stereocenters. The van der Waals surface area contributed by atoms with Crippen molar-refractivity contribution in [1.29, 1.82) is 5.26 Å². The van der Waals surface area contributed by atoms with Gasteiger partial charge in [0, 0.05) is 6.54 Å². The summed E-state index contributed by atoms with van der Waals surface area (Å²) in [7, 11) is -3.51. The van der Waals surface area contributed by atoms with Gasteiger partial charge in [-0.05, 0) is 44.4 Å². The molecule has 1 aromatic carbocycles. The zero-order valence-corrected chi connectivity index (χ0v) is 13.1. The molecule has 1 unspecified atom stereocenters. The van der Waals surface area contributed by atoms with Crippen molar-refractivity contribution in [3.63, 3.8) is 0 Å². The molecule has 6 heteroatoms. The molecular weight excluding hydrogens is 288 g/mol. The number of sulfonamides is 1. The standard InChI is InChI=1S/C15H20N2O3S/c1-15(2,18)14-7-4-8-17(14)21(19,20)11-13-6-3-5-12(9-13)10-16/h3,5-6,9,14,18H,4,7-8,11H2,1-2H3. The van der Waals surface area contributed by atoms with Crippen LogP contribution in [0, 0.1) is 11.3 Å². The van der Waals surface area contributed by atoms with Gasteiger partial charge in [0.05, 0.1) is 29.0 Å². The molecule has 0 bridgehead atoms. The van der Waals surface area contributed by atoms with E-state index in [9.17, 15) is 13.5 Å². The van der Waals surface area contributed by atoms with Crippen LogP contribution in [-0.2, 0) is 15.8 Å². The van der Waals surface area contributed by atoms with Gasteiger partial charge in [0.2, 0.25) is 10.0 Å². The second-order valence-corrected chi connectivity index (χ2v) is 7.91. The van der Waals surface area contributed by atoms with E-state index >= 15 is 0 Å². The smallest absolute Gasteiger partial charge is 0.218 e. The monoisotopic (exact) mass is 308 g/mol. The molecule has 21 heavy (non-hydrogen) atoms. The molecule has 1 saturated heterocycles. The maximum absolute atomic E-state index is 12.6. The van der Waals surface area contributed by atoms with E-state index in [0.29, 0.717) is 24.1 Å². The molecule has 0 spiro atoms. The molecule has 114 valence electrons. The fraction of sp³-hybridized carbons (Fsp3) is 0.533. The molecule has 0 amide bonds. The second-order valence-electron chi connectivity index (χ2n) is 5.99. The summed E-state index contributed by atoms with van der Waals surface area (Å²) < 4.78 is 26.6. The van der Waals surface area contributed by atoms with Gasteiger partial charge in [0.25, 0.3) is 0 Å². The van der Waals surface area contributed by atoms with E-state index in [4.69, 9.17) is 5.26 Å². The Bertz CT molecular complexity index is 656. The quantitative estimate of drug-likeness (QED) is 0.916. The largest absolute Gasteiger partial charge is 0.389 e. The van der Waals surface area contributed by atoms with Crippen LogP contribution < -0.4 is 0 Å². The Hall–Kier alpha value is -1.42. The first-order valence-corrected chi connectivity index (χ1v) is 8.56. The average molecular weight is 308 g/mol. The van der Waals surface area contributed by atoms with Gasteiger partial charge in [-0.15, -0.1) is 0 Å². The summed E-state index contributed by atoms with van der Waals surface area (Å²) >= 11 is 0. The van der Waals surface area contributed by atoms with Gasteiger partial charge in [-0.2, -0.15) is 9.57 Å². The van der Waals surface area contributed by atoms with Crippen LogP contribution in [0.25, 0.3) is 0 Å². The normalized spacial score (nSPS) is 20.4. The Labute approximate surface area is 125 Å². The molecule has 0 aromatic heterocycles. The molecule has 1 fully saturated rings. The van der Waals surface area contributed by atoms with E-state index in [1.165, 1.54) is 4.31 Å². The van der Waals surface area contributed by atoms with E-state index in [2.05, 4.69) is 0 Å². The molecule has 0 radical (unpaired) electrons. The fourth-order valence-corrected chi connectivity index (χ4v) is 4.73. The van der Waals surface area contributed by atoms with Crippen LogP contribution in [0.4, 0.5) is 0 Å². The van der Waals surface area contributed by atoms with Crippen molar-refractivity contribution in [3.8, 4) is 6.07 Å². The van der Waals surface area contributed by atoms with Gasteiger partial charge in [-0.3, -0.25) is 0 Å². The third kappa shape index (κ3) is 3.62. The fourth-order valence-electron chi connectivity index (χ4n) is 2.80. The molecule has 1 N–H and O–H groups in total. The first kappa shape index (κ1) is 16.0. The number of hydrogen-bond acceptors (Lipinski definition) is 4. The van der Waals surface area contributed by atoms with Crippen LogP contribution in [0.3, 0.4) is 0 Å². The predicted octanol–water partition coefficient (Wildman–Crippen LogP) is 1.62. The van der Waals surface area contributed by atoms with E-state index in [1.807, 2.05) is 6.07 Å². The zero-order chi connectivity index (χ0) is 15.7. The van der Waals surface area contributed by atoms with Gasteiger partial charge >= 0.3 is 0 Å². The zero-order valence-electron chi connectivity index (χ0n) is 12.3. The minimum atomic E-state index is -3.51. The van der Waals surface area contributed by atoms with Crippen LogP contribution in [-0.4, -0.2) is 36.0 Å². The van der Waals surface area contributed by atoms with E-state index in [0.717, 1.165) is 6.42 Å². The minimum Gasteiger partial charge on any atom is -0.389 e.